The van der Waals surface area contributed by atoms with Crippen molar-refractivity contribution in [2.24, 2.45) is 23.2 Å². The van der Waals surface area contributed by atoms with E-state index >= 15 is 0 Å². The van der Waals surface area contributed by atoms with Gasteiger partial charge in [0.15, 0.2) is 0 Å². The molecular formula is C25H36O3. The zero-order valence-electron chi connectivity index (χ0n) is 17.3. The van der Waals surface area contributed by atoms with Crippen LogP contribution < -0.4 is 0 Å². The van der Waals surface area contributed by atoms with Crippen LogP contribution in [0.1, 0.15) is 81.8 Å². The van der Waals surface area contributed by atoms with Crippen LogP contribution >= 0.6 is 0 Å². The summed E-state index contributed by atoms with van der Waals surface area (Å²) in [4.78, 5) is 0. The Balaban J connectivity index is 1.41. The molecule has 0 saturated heterocycles. The largest absolute Gasteiger partial charge is 0.508 e. The number of aliphatic hydroxyl groups excluding tert-OH is 1. The van der Waals surface area contributed by atoms with Gasteiger partial charge in [0, 0.05) is 6.61 Å². The first kappa shape index (κ1) is 18.9. The number of aryl methyl sites for hydroxylation is 1. The van der Waals surface area contributed by atoms with Gasteiger partial charge in [-0.15, -0.1) is 0 Å². The summed E-state index contributed by atoms with van der Waals surface area (Å²) in [6.07, 6.45) is 12.1. The van der Waals surface area contributed by atoms with Crippen LogP contribution in [-0.2, 0) is 11.2 Å². The van der Waals surface area contributed by atoms with E-state index in [1.54, 1.807) is 0 Å². The van der Waals surface area contributed by atoms with Gasteiger partial charge in [-0.2, -0.15) is 0 Å². The minimum Gasteiger partial charge on any atom is -0.508 e. The summed E-state index contributed by atoms with van der Waals surface area (Å²) in [6, 6.07) is 6.07. The zero-order valence-corrected chi connectivity index (χ0v) is 17.3. The number of benzene rings is 1. The zero-order chi connectivity index (χ0) is 19.3. The van der Waals surface area contributed by atoms with E-state index in [0.717, 1.165) is 32.3 Å². The lowest BCUT2D eigenvalue weighted by atomic mass is 9.51. The van der Waals surface area contributed by atoms with Gasteiger partial charge >= 0.3 is 0 Å². The Morgan fingerprint density at radius 3 is 2.75 bits per heavy atom. The molecule has 28 heavy (non-hydrogen) atoms. The number of rotatable bonds is 4. The van der Waals surface area contributed by atoms with Crippen molar-refractivity contribution in [2.45, 2.75) is 89.3 Å². The monoisotopic (exact) mass is 384 g/mol. The van der Waals surface area contributed by atoms with Crippen LogP contribution in [0.15, 0.2) is 18.2 Å². The van der Waals surface area contributed by atoms with Crippen molar-refractivity contribution in [2.75, 3.05) is 6.61 Å². The molecule has 0 amide bonds. The molecule has 0 bridgehead atoms. The van der Waals surface area contributed by atoms with Gasteiger partial charge < -0.3 is 14.9 Å². The molecule has 3 fully saturated rings. The maximum Gasteiger partial charge on any atom is 0.115 e. The van der Waals surface area contributed by atoms with Crippen molar-refractivity contribution in [3.63, 3.8) is 0 Å². The van der Waals surface area contributed by atoms with Crippen molar-refractivity contribution >= 4 is 0 Å². The van der Waals surface area contributed by atoms with Crippen molar-refractivity contribution in [3.05, 3.63) is 29.3 Å². The molecule has 0 radical (unpaired) electrons. The predicted molar refractivity (Wildman–Crippen MR) is 110 cm³/mol. The van der Waals surface area contributed by atoms with E-state index < -0.39 is 0 Å². The van der Waals surface area contributed by atoms with E-state index in [4.69, 9.17) is 4.74 Å². The lowest BCUT2D eigenvalue weighted by Crippen LogP contribution is -2.48. The Kier molecular flexibility index (Phi) is 4.95. The number of aliphatic hydroxyl groups is 1. The van der Waals surface area contributed by atoms with Gasteiger partial charge in [0.05, 0.1) is 12.2 Å². The maximum atomic E-state index is 10.9. The Morgan fingerprint density at radius 1 is 1.11 bits per heavy atom. The van der Waals surface area contributed by atoms with Crippen LogP contribution in [0.3, 0.4) is 0 Å². The summed E-state index contributed by atoms with van der Waals surface area (Å²) in [5.41, 5.74) is 2.90. The minimum atomic E-state index is -0.141. The van der Waals surface area contributed by atoms with E-state index in [9.17, 15) is 10.2 Å². The van der Waals surface area contributed by atoms with Gasteiger partial charge in [-0.05, 0) is 104 Å². The van der Waals surface area contributed by atoms with E-state index in [2.05, 4.69) is 13.0 Å². The fraction of sp³-hybridized carbons (Fsp3) is 0.760. The van der Waals surface area contributed by atoms with E-state index in [-0.39, 0.29) is 11.5 Å². The molecule has 154 valence electrons. The number of fused-ring (bicyclic) bond motifs is 5. The first-order chi connectivity index (χ1) is 13.6. The lowest BCUT2D eigenvalue weighted by Gasteiger charge is -2.54. The third kappa shape index (κ3) is 3.10. The number of phenolic OH excluding ortho intramolecular Hbond substituents is 1. The Bertz CT molecular complexity index is 710. The van der Waals surface area contributed by atoms with Gasteiger partial charge in [-0.25, -0.2) is 0 Å². The molecule has 0 aromatic heterocycles. The molecule has 0 aliphatic heterocycles. The molecule has 1 aromatic rings. The van der Waals surface area contributed by atoms with Gasteiger partial charge in [-0.1, -0.05) is 25.8 Å². The van der Waals surface area contributed by atoms with Crippen LogP contribution in [0.5, 0.6) is 5.75 Å². The van der Waals surface area contributed by atoms with Crippen LogP contribution in [0.4, 0.5) is 0 Å². The normalized spacial score (nSPS) is 40.1. The first-order valence-electron chi connectivity index (χ1n) is 11.7. The molecule has 4 aliphatic rings. The van der Waals surface area contributed by atoms with Crippen LogP contribution in [0.2, 0.25) is 0 Å². The average molecular weight is 385 g/mol. The van der Waals surface area contributed by atoms with E-state index in [1.165, 1.54) is 49.7 Å². The number of hydrogen-bond donors (Lipinski definition) is 2. The SMILES string of the molecule is CC12C[C@H](CCOC3CCCC3)C3c4ccc(O)cc4CCC3C1CCC2O. The molecule has 2 N–H and O–H groups in total. The molecule has 1 aromatic carbocycles. The number of phenols is 1. The second kappa shape index (κ2) is 7.32. The topological polar surface area (TPSA) is 49.7 Å². The third-order valence-corrected chi connectivity index (χ3v) is 8.92. The molecule has 3 heteroatoms. The summed E-state index contributed by atoms with van der Waals surface area (Å²) >= 11 is 0. The minimum absolute atomic E-state index is 0.0770. The third-order valence-electron chi connectivity index (χ3n) is 8.92. The molecule has 5 unspecified atom stereocenters. The molecule has 0 spiro atoms. The number of hydrogen-bond acceptors (Lipinski definition) is 3. The summed E-state index contributed by atoms with van der Waals surface area (Å²) in [5, 5.41) is 20.8. The van der Waals surface area contributed by atoms with Gasteiger partial charge in [0.1, 0.15) is 5.75 Å². The fourth-order valence-corrected chi connectivity index (χ4v) is 7.57. The molecule has 5 rings (SSSR count). The molecular weight excluding hydrogens is 348 g/mol. The second-order valence-corrected chi connectivity index (χ2v) is 10.3. The van der Waals surface area contributed by atoms with E-state index in [0.29, 0.717) is 35.5 Å². The molecule has 0 heterocycles. The highest BCUT2D eigenvalue weighted by molar-refractivity contribution is 5.40. The maximum absolute atomic E-state index is 10.9. The highest BCUT2D eigenvalue weighted by atomic mass is 16.5. The Morgan fingerprint density at radius 2 is 1.93 bits per heavy atom. The smallest absolute Gasteiger partial charge is 0.115 e. The highest BCUT2D eigenvalue weighted by Gasteiger charge is 2.57. The lowest BCUT2D eigenvalue weighted by molar-refractivity contribution is -0.0574. The summed E-state index contributed by atoms with van der Waals surface area (Å²) < 4.78 is 6.26. The summed E-state index contributed by atoms with van der Waals surface area (Å²) in [5.74, 6) is 2.85. The number of aromatic hydroxyl groups is 1. The van der Waals surface area contributed by atoms with Crippen LogP contribution in [0.25, 0.3) is 0 Å². The van der Waals surface area contributed by atoms with E-state index in [1.807, 2.05) is 12.1 Å². The van der Waals surface area contributed by atoms with Gasteiger partial charge in [-0.3, -0.25) is 0 Å². The quantitative estimate of drug-likeness (QED) is 0.751. The number of ether oxygens (including phenoxy) is 1. The first-order valence-corrected chi connectivity index (χ1v) is 11.7. The second-order valence-electron chi connectivity index (χ2n) is 10.3. The fourth-order valence-electron chi connectivity index (χ4n) is 7.57. The summed E-state index contributed by atoms with van der Waals surface area (Å²) in [7, 11) is 0. The van der Waals surface area contributed by atoms with Crippen LogP contribution in [-0.4, -0.2) is 29.0 Å². The molecule has 3 saturated carbocycles. The van der Waals surface area contributed by atoms with Crippen molar-refractivity contribution in [3.8, 4) is 5.75 Å². The molecule has 6 atom stereocenters. The average Bonchev–Trinajstić information content (AvgIpc) is 3.29. The summed E-state index contributed by atoms with van der Waals surface area (Å²) in [6.45, 7) is 3.23. The van der Waals surface area contributed by atoms with Gasteiger partial charge in [0.25, 0.3) is 0 Å². The Labute approximate surface area is 169 Å². The van der Waals surface area contributed by atoms with Gasteiger partial charge in [0.2, 0.25) is 0 Å². The van der Waals surface area contributed by atoms with Crippen LogP contribution in [0, 0.1) is 23.2 Å². The highest BCUT2D eigenvalue weighted by Crippen LogP contribution is 2.63. The Hall–Kier alpha value is -1.06. The standard InChI is InChI=1S/C25H36O3/c1-25-15-17(12-13-28-19-4-2-3-5-19)24-20-9-7-18(26)14-16(20)6-8-21(24)22(25)10-11-23(25)27/h7,9,14,17,19,21-24,26-27H,2-6,8,10-13,15H2,1H3/t17-,21?,22?,23?,24?,25?/m0/s1. The molecule has 3 nitrogen and oxygen atoms in total. The van der Waals surface area contributed by atoms with Crippen molar-refractivity contribution < 1.29 is 14.9 Å². The van der Waals surface area contributed by atoms with Crippen molar-refractivity contribution in [1.29, 1.82) is 0 Å². The predicted octanol–water partition coefficient (Wildman–Crippen LogP) is 5.18. The van der Waals surface area contributed by atoms with Crippen molar-refractivity contribution in [1.82, 2.24) is 0 Å². The molecule has 4 aliphatic carbocycles.